The van der Waals surface area contributed by atoms with E-state index in [9.17, 15) is 0 Å². The third kappa shape index (κ3) is 1.52. The van der Waals surface area contributed by atoms with Crippen molar-refractivity contribution in [3.8, 4) is 0 Å². The second-order valence-corrected chi connectivity index (χ2v) is 2.70. The second-order valence-electron chi connectivity index (χ2n) is 2.70. The zero-order valence-electron chi connectivity index (χ0n) is 6.08. The van der Waals surface area contributed by atoms with Crippen LogP contribution in [0.25, 0.3) is 0 Å². The van der Waals surface area contributed by atoms with Crippen molar-refractivity contribution in [1.29, 1.82) is 0 Å². The summed E-state index contributed by atoms with van der Waals surface area (Å²) in [6.07, 6.45) is -5.99. The van der Waals surface area contributed by atoms with Gasteiger partial charge in [0.05, 0.1) is 6.10 Å². The zero-order chi connectivity index (χ0) is 8.59. The summed E-state index contributed by atoms with van der Waals surface area (Å²) in [4.78, 5) is 0. The summed E-state index contributed by atoms with van der Waals surface area (Å²) in [5, 5.41) is 36.0. The van der Waals surface area contributed by atoms with Crippen molar-refractivity contribution in [2.45, 2.75) is 37.6 Å². The summed E-state index contributed by atoms with van der Waals surface area (Å²) in [5.41, 5.74) is 0. The quantitative estimate of drug-likeness (QED) is 0.326. The Hall–Kier alpha value is -0.200. The van der Waals surface area contributed by atoms with Gasteiger partial charge in [-0.25, -0.2) is 0 Å². The van der Waals surface area contributed by atoms with Gasteiger partial charge in [-0.05, 0) is 6.92 Å². The van der Waals surface area contributed by atoms with E-state index in [-0.39, 0.29) is 0 Å². The SMILES string of the molecule is C[C@@H]1OC(O)[C@@H](O)C(O)[C@H]1O. The maximum atomic E-state index is 9.09. The van der Waals surface area contributed by atoms with Crippen LogP contribution in [0.1, 0.15) is 6.92 Å². The fourth-order valence-corrected chi connectivity index (χ4v) is 1.03. The van der Waals surface area contributed by atoms with E-state index in [0.29, 0.717) is 0 Å². The zero-order valence-corrected chi connectivity index (χ0v) is 6.08. The van der Waals surface area contributed by atoms with Gasteiger partial charge in [-0.15, -0.1) is 0 Å². The van der Waals surface area contributed by atoms with Crippen molar-refractivity contribution < 1.29 is 25.2 Å². The average molecular weight is 164 g/mol. The molecule has 1 heterocycles. The maximum absolute atomic E-state index is 9.09. The van der Waals surface area contributed by atoms with Crippen LogP contribution in [-0.2, 0) is 4.74 Å². The minimum Gasteiger partial charge on any atom is -0.388 e. The first-order valence-electron chi connectivity index (χ1n) is 3.41. The van der Waals surface area contributed by atoms with Gasteiger partial charge in [-0.1, -0.05) is 0 Å². The smallest absolute Gasteiger partial charge is 0.183 e. The number of hydrogen-bond donors (Lipinski definition) is 4. The first kappa shape index (κ1) is 8.89. The van der Waals surface area contributed by atoms with E-state index in [4.69, 9.17) is 20.4 Å². The molecule has 0 aromatic heterocycles. The normalized spacial score (nSPS) is 52.6. The molecule has 1 saturated heterocycles. The predicted octanol–water partition coefficient (Wildman–Crippen LogP) is -2.19. The molecule has 0 spiro atoms. The summed E-state index contributed by atoms with van der Waals surface area (Å²) in [6.45, 7) is 1.50. The Morgan fingerprint density at radius 2 is 1.45 bits per heavy atom. The highest BCUT2D eigenvalue weighted by atomic mass is 16.6. The lowest BCUT2D eigenvalue weighted by Gasteiger charge is -2.36. The Kier molecular flexibility index (Phi) is 2.46. The Bertz CT molecular complexity index is 125. The van der Waals surface area contributed by atoms with Crippen molar-refractivity contribution in [1.82, 2.24) is 0 Å². The van der Waals surface area contributed by atoms with Crippen molar-refractivity contribution in [2.24, 2.45) is 0 Å². The van der Waals surface area contributed by atoms with Gasteiger partial charge in [0.2, 0.25) is 0 Å². The monoisotopic (exact) mass is 164 g/mol. The first-order valence-corrected chi connectivity index (χ1v) is 3.41. The summed E-state index contributed by atoms with van der Waals surface area (Å²) < 4.78 is 4.68. The predicted molar refractivity (Wildman–Crippen MR) is 34.6 cm³/mol. The molecule has 1 fully saturated rings. The van der Waals surface area contributed by atoms with E-state index in [1.54, 1.807) is 0 Å². The molecule has 0 saturated carbocycles. The van der Waals surface area contributed by atoms with E-state index in [0.717, 1.165) is 0 Å². The number of rotatable bonds is 0. The fraction of sp³-hybridized carbons (Fsp3) is 1.00. The molecule has 0 bridgehead atoms. The lowest BCUT2D eigenvalue weighted by atomic mass is 10.0. The average Bonchev–Trinajstić information content (AvgIpc) is 1.97. The van der Waals surface area contributed by atoms with E-state index < -0.39 is 30.7 Å². The van der Waals surface area contributed by atoms with Crippen molar-refractivity contribution >= 4 is 0 Å². The van der Waals surface area contributed by atoms with Crippen molar-refractivity contribution in [3.63, 3.8) is 0 Å². The molecule has 5 heteroatoms. The van der Waals surface area contributed by atoms with Gasteiger partial charge in [0.25, 0.3) is 0 Å². The van der Waals surface area contributed by atoms with Gasteiger partial charge in [-0.2, -0.15) is 0 Å². The van der Waals surface area contributed by atoms with Crippen LogP contribution >= 0.6 is 0 Å². The van der Waals surface area contributed by atoms with E-state index in [1.807, 2.05) is 0 Å². The molecule has 0 aliphatic carbocycles. The van der Waals surface area contributed by atoms with Gasteiger partial charge in [0.15, 0.2) is 6.29 Å². The summed E-state index contributed by atoms with van der Waals surface area (Å²) in [7, 11) is 0. The van der Waals surface area contributed by atoms with Crippen LogP contribution in [0.5, 0.6) is 0 Å². The van der Waals surface area contributed by atoms with Crippen LogP contribution in [0.4, 0.5) is 0 Å². The molecule has 0 aromatic rings. The van der Waals surface area contributed by atoms with Gasteiger partial charge in [-0.3, -0.25) is 0 Å². The molecule has 2 unspecified atom stereocenters. The van der Waals surface area contributed by atoms with Crippen LogP contribution in [0.15, 0.2) is 0 Å². The summed E-state index contributed by atoms with van der Waals surface area (Å²) in [6, 6.07) is 0. The maximum Gasteiger partial charge on any atom is 0.183 e. The topological polar surface area (TPSA) is 90.2 Å². The molecule has 0 aromatic carbocycles. The molecule has 5 nitrogen and oxygen atoms in total. The van der Waals surface area contributed by atoms with Crippen LogP contribution in [-0.4, -0.2) is 51.1 Å². The van der Waals surface area contributed by atoms with Gasteiger partial charge >= 0.3 is 0 Å². The number of aliphatic hydroxyl groups excluding tert-OH is 4. The largest absolute Gasteiger partial charge is 0.388 e. The van der Waals surface area contributed by atoms with Gasteiger partial charge in [0.1, 0.15) is 18.3 Å². The molecule has 5 atom stereocenters. The minimum absolute atomic E-state index is 0.664. The van der Waals surface area contributed by atoms with Crippen LogP contribution in [0.2, 0.25) is 0 Å². The Morgan fingerprint density at radius 1 is 0.909 bits per heavy atom. The molecule has 0 amide bonds. The van der Waals surface area contributed by atoms with Crippen LogP contribution < -0.4 is 0 Å². The van der Waals surface area contributed by atoms with E-state index in [2.05, 4.69) is 4.74 Å². The van der Waals surface area contributed by atoms with Crippen LogP contribution in [0, 0.1) is 0 Å². The lowest BCUT2D eigenvalue weighted by Crippen LogP contribution is -2.56. The molecule has 1 aliphatic rings. The molecular formula is C6H12O5. The van der Waals surface area contributed by atoms with Crippen molar-refractivity contribution in [3.05, 3.63) is 0 Å². The number of ether oxygens (including phenoxy) is 1. The highest BCUT2D eigenvalue weighted by Gasteiger charge is 2.40. The minimum atomic E-state index is -1.43. The lowest BCUT2D eigenvalue weighted by molar-refractivity contribution is -0.277. The van der Waals surface area contributed by atoms with Gasteiger partial charge < -0.3 is 25.2 Å². The number of hydrogen-bond acceptors (Lipinski definition) is 5. The number of aliphatic hydroxyl groups is 4. The molecule has 4 N–H and O–H groups in total. The van der Waals surface area contributed by atoms with E-state index >= 15 is 0 Å². The highest BCUT2D eigenvalue weighted by molar-refractivity contribution is 4.86. The molecule has 1 rings (SSSR count). The third-order valence-corrected chi connectivity index (χ3v) is 1.83. The fourth-order valence-electron chi connectivity index (χ4n) is 1.03. The summed E-state index contributed by atoms with van der Waals surface area (Å²) in [5.74, 6) is 0. The molecule has 11 heavy (non-hydrogen) atoms. The molecular weight excluding hydrogens is 152 g/mol. The standard InChI is InChI=1S/C6H12O5/c1-2-3(7)4(8)5(9)6(10)11-2/h2-10H,1H3/t2-,3-,4?,5-,6?/m0/s1. The van der Waals surface area contributed by atoms with Gasteiger partial charge in [0, 0.05) is 0 Å². The molecule has 0 radical (unpaired) electrons. The van der Waals surface area contributed by atoms with Crippen molar-refractivity contribution in [2.75, 3.05) is 0 Å². The Balaban J connectivity index is 2.63. The van der Waals surface area contributed by atoms with Crippen LogP contribution in [0.3, 0.4) is 0 Å². The highest BCUT2D eigenvalue weighted by Crippen LogP contribution is 2.18. The van der Waals surface area contributed by atoms with E-state index in [1.165, 1.54) is 6.92 Å². The second kappa shape index (κ2) is 3.04. The summed E-state index contributed by atoms with van der Waals surface area (Å²) >= 11 is 0. The third-order valence-electron chi connectivity index (χ3n) is 1.83. The Labute approximate surface area is 63.8 Å². The Morgan fingerprint density at radius 3 is 2.00 bits per heavy atom. The first-order chi connectivity index (χ1) is 5.04. The molecule has 1 aliphatic heterocycles. The molecule has 66 valence electrons.